The summed E-state index contributed by atoms with van der Waals surface area (Å²) >= 11 is 0. The minimum atomic E-state index is -0.345. The smallest absolute Gasteiger partial charge is 0.321 e. The van der Waals surface area contributed by atoms with Crippen LogP contribution in [0.25, 0.3) is 0 Å². The quantitative estimate of drug-likeness (QED) is 0.419. The number of allylic oxidation sites excluding steroid dienone is 1. The lowest BCUT2D eigenvalue weighted by atomic mass is 9.68. The molecule has 3 N–H and O–H groups in total. The van der Waals surface area contributed by atoms with Crippen molar-refractivity contribution in [3.8, 4) is 0 Å². The van der Waals surface area contributed by atoms with Crippen molar-refractivity contribution in [2.75, 3.05) is 13.2 Å². The summed E-state index contributed by atoms with van der Waals surface area (Å²) in [5, 5.41) is 1.21. The molecule has 3 saturated carbocycles. The van der Waals surface area contributed by atoms with Crippen LogP contribution in [0.4, 0.5) is 0 Å². The molecular formula is C19H29N3O4. The van der Waals surface area contributed by atoms with Gasteiger partial charge in [-0.2, -0.15) is 0 Å². The van der Waals surface area contributed by atoms with Crippen molar-refractivity contribution in [2.24, 2.45) is 35.4 Å². The summed E-state index contributed by atoms with van der Waals surface area (Å²) in [4.78, 5) is 24.5. The van der Waals surface area contributed by atoms with E-state index in [2.05, 4.69) is 12.0 Å². The van der Waals surface area contributed by atoms with Gasteiger partial charge in [-0.1, -0.05) is 6.58 Å². The molecule has 1 heterocycles. The van der Waals surface area contributed by atoms with E-state index in [0.29, 0.717) is 30.1 Å². The second-order valence-corrected chi connectivity index (χ2v) is 8.52. The van der Waals surface area contributed by atoms with Crippen molar-refractivity contribution in [1.29, 1.82) is 0 Å². The van der Waals surface area contributed by atoms with Crippen LogP contribution in [-0.2, 0) is 19.1 Å². The molecule has 7 nitrogen and oxygen atoms in total. The van der Waals surface area contributed by atoms with Gasteiger partial charge < -0.3 is 9.47 Å². The average Bonchev–Trinajstić information content (AvgIpc) is 3.35. The molecular weight excluding hydrogens is 334 g/mol. The normalized spacial score (nSPS) is 36.2. The lowest BCUT2D eigenvalue weighted by Gasteiger charge is -2.35. The Bertz CT molecular complexity index is 616. The molecule has 4 aliphatic rings. The van der Waals surface area contributed by atoms with E-state index < -0.39 is 0 Å². The Morgan fingerprint density at radius 2 is 2.15 bits per heavy atom. The predicted molar refractivity (Wildman–Crippen MR) is 93.8 cm³/mol. The fourth-order valence-electron chi connectivity index (χ4n) is 6.05. The van der Waals surface area contributed by atoms with E-state index in [9.17, 15) is 9.59 Å². The van der Waals surface area contributed by atoms with Gasteiger partial charge in [0.15, 0.2) is 0 Å². The van der Waals surface area contributed by atoms with Crippen LogP contribution in [0, 0.1) is 29.6 Å². The van der Waals surface area contributed by atoms with Crippen LogP contribution < -0.4 is 11.3 Å². The first-order valence-corrected chi connectivity index (χ1v) is 9.73. The van der Waals surface area contributed by atoms with E-state index >= 15 is 0 Å². The standard InChI is InChI=1S/C19H29N3O4/c1-11(2)22(20)21-9-15(23)25-10-13-7-12-8-14(13)16-17(12)19(26-18(16)24)5-3-4-6-19/h12-14,16-17,21H,1,3-10,20H2,2H3. The third-order valence-corrected chi connectivity index (χ3v) is 7.04. The number of hydrogen-bond donors (Lipinski definition) is 2. The predicted octanol–water partition coefficient (Wildman–Crippen LogP) is 1.50. The molecule has 1 spiro atoms. The van der Waals surface area contributed by atoms with Crippen LogP contribution in [0.5, 0.6) is 0 Å². The summed E-state index contributed by atoms with van der Waals surface area (Å²) in [6, 6.07) is 0. The zero-order chi connectivity index (χ0) is 18.5. The number of esters is 2. The van der Waals surface area contributed by atoms with E-state index in [1.54, 1.807) is 6.92 Å². The Morgan fingerprint density at radius 3 is 2.85 bits per heavy atom. The molecule has 1 saturated heterocycles. The molecule has 5 atom stereocenters. The number of nitrogens with two attached hydrogens (primary N) is 1. The van der Waals surface area contributed by atoms with Gasteiger partial charge in [-0.05, 0) is 63.2 Å². The Hall–Kier alpha value is -1.60. The van der Waals surface area contributed by atoms with Crippen LogP contribution in [0.1, 0.15) is 45.4 Å². The number of nitrogens with one attached hydrogen (secondary N) is 1. The summed E-state index contributed by atoms with van der Waals surface area (Å²) in [6.07, 6.45) is 6.53. The van der Waals surface area contributed by atoms with Gasteiger partial charge in [0.05, 0.1) is 12.5 Å². The number of nitrogens with zero attached hydrogens (tertiary/aromatic N) is 1. The monoisotopic (exact) mass is 363 g/mol. The number of carbonyl (C=O) groups excluding carboxylic acids is 2. The van der Waals surface area contributed by atoms with E-state index in [0.717, 1.165) is 25.7 Å². The van der Waals surface area contributed by atoms with Gasteiger partial charge in [0.1, 0.15) is 12.1 Å². The second kappa shape index (κ2) is 6.53. The van der Waals surface area contributed by atoms with Crippen molar-refractivity contribution < 1.29 is 19.1 Å². The van der Waals surface area contributed by atoms with Gasteiger partial charge in [-0.25, -0.2) is 16.4 Å². The van der Waals surface area contributed by atoms with Crippen LogP contribution in [0.15, 0.2) is 12.3 Å². The van der Waals surface area contributed by atoms with Crippen LogP contribution in [-0.4, -0.2) is 35.8 Å². The minimum absolute atomic E-state index is 0.00137. The van der Waals surface area contributed by atoms with Crippen molar-refractivity contribution in [3.05, 3.63) is 12.3 Å². The molecule has 0 radical (unpaired) electrons. The first-order valence-electron chi connectivity index (χ1n) is 9.73. The van der Waals surface area contributed by atoms with Crippen molar-refractivity contribution in [2.45, 2.75) is 51.0 Å². The molecule has 3 aliphatic carbocycles. The second-order valence-electron chi connectivity index (χ2n) is 8.52. The zero-order valence-electron chi connectivity index (χ0n) is 15.4. The fourth-order valence-corrected chi connectivity index (χ4v) is 6.05. The highest BCUT2D eigenvalue weighted by Crippen LogP contribution is 2.65. The summed E-state index contributed by atoms with van der Waals surface area (Å²) in [5.41, 5.74) is 3.17. The Morgan fingerprint density at radius 1 is 1.42 bits per heavy atom. The van der Waals surface area contributed by atoms with Crippen molar-refractivity contribution in [1.82, 2.24) is 10.5 Å². The minimum Gasteiger partial charge on any atom is -0.464 e. The number of carbonyl (C=O) groups is 2. The van der Waals surface area contributed by atoms with E-state index in [-0.39, 0.29) is 35.9 Å². The number of ether oxygens (including phenoxy) is 2. The number of hydrogen-bond acceptors (Lipinski definition) is 7. The maximum Gasteiger partial charge on any atom is 0.321 e. The highest BCUT2D eigenvalue weighted by Gasteiger charge is 2.68. The SMILES string of the molecule is C=C(C)N(N)NCC(=O)OCC1CC2CC1C1C(=O)OC3(CCCC3)C21. The van der Waals surface area contributed by atoms with Gasteiger partial charge >= 0.3 is 11.9 Å². The number of hydrazine groups is 2. The summed E-state index contributed by atoms with van der Waals surface area (Å²) in [7, 11) is 0. The third kappa shape index (κ3) is 2.81. The first kappa shape index (κ1) is 17.8. The van der Waals surface area contributed by atoms with Gasteiger partial charge in [-0.3, -0.25) is 9.59 Å². The topological polar surface area (TPSA) is 93.9 Å². The van der Waals surface area contributed by atoms with Crippen molar-refractivity contribution in [3.63, 3.8) is 0 Å². The molecule has 5 unspecified atom stereocenters. The van der Waals surface area contributed by atoms with Crippen LogP contribution in [0.2, 0.25) is 0 Å². The fraction of sp³-hybridized carbons (Fsp3) is 0.789. The van der Waals surface area contributed by atoms with Gasteiger partial charge in [-0.15, -0.1) is 0 Å². The lowest BCUT2D eigenvalue weighted by molar-refractivity contribution is -0.152. The van der Waals surface area contributed by atoms with Crippen LogP contribution in [0.3, 0.4) is 0 Å². The third-order valence-electron chi connectivity index (χ3n) is 7.04. The Balaban J connectivity index is 1.31. The van der Waals surface area contributed by atoms with E-state index in [1.165, 1.54) is 18.0 Å². The molecule has 0 aromatic heterocycles. The molecule has 4 fully saturated rings. The Kier molecular flexibility index (Phi) is 4.47. The van der Waals surface area contributed by atoms with Gasteiger partial charge in [0, 0.05) is 11.6 Å². The summed E-state index contributed by atoms with van der Waals surface area (Å²) < 4.78 is 11.4. The molecule has 0 amide bonds. The maximum absolute atomic E-state index is 12.6. The molecule has 2 bridgehead atoms. The molecule has 4 rings (SSSR count). The zero-order valence-corrected chi connectivity index (χ0v) is 15.4. The Labute approximate surface area is 154 Å². The lowest BCUT2D eigenvalue weighted by Crippen LogP contribution is -2.45. The van der Waals surface area contributed by atoms with Crippen LogP contribution >= 0.6 is 0 Å². The molecule has 1 aliphatic heterocycles. The molecule has 0 aromatic rings. The highest BCUT2D eigenvalue weighted by atomic mass is 16.6. The first-order chi connectivity index (χ1) is 12.4. The van der Waals surface area contributed by atoms with E-state index in [4.69, 9.17) is 15.3 Å². The molecule has 7 heteroatoms. The largest absolute Gasteiger partial charge is 0.464 e. The van der Waals surface area contributed by atoms with Gasteiger partial charge in [0.2, 0.25) is 0 Å². The maximum atomic E-state index is 12.6. The average molecular weight is 363 g/mol. The molecule has 0 aromatic carbocycles. The summed E-state index contributed by atoms with van der Waals surface area (Å²) in [6.45, 7) is 5.80. The van der Waals surface area contributed by atoms with Crippen molar-refractivity contribution >= 4 is 11.9 Å². The van der Waals surface area contributed by atoms with E-state index in [1.807, 2.05) is 0 Å². The number of rotatable bonds is 6. The highest BCUT2D eigenvalue weighted by molar-refractivity contribution is 5.77. The molecule has 26 heavy (non-hydrogen) atoms. The van der Waals surface area contributed by atoms with Gasteiger partial charge in [0.25, 0.3) is 0 Å². The number of fused-ring (bicyclic) bond motifs is 6. The molecule has 144 valence electrons. The summed E-state index contributed by atoms with van der Waals surface area (Å²) in [5.74, 6) is 6.82.